The maximum absolute atomic E-state index is 12.7. The molecule has 4 rings (SSSR count). The molecule has 28 heavy (non-hydrogen) atoms. The van der Waals surface area contributed by atoms with Gasteiger partial charge in [-0.15, -0.1) is 10.2 Å². The molecule has 0 bridgehead atoms. The summed E-state index contributed by atoms with van der Waals surface area (Å²) >= 11 is 7.46. The van der Waals surface area contributed by atoms with Crippen molar-refractivity contribution in [2.24, 2.45) is 0 Å². The maximum atomic E-state index is 12.7. The van der Waals surface area contributed by atoms with E-state index in [1.165, 1.54) is 11.8 Å². The molecule has 1 N–H and O–H groups in total. The Bertz CT molecular complexity index is 954. The van der Waals surface area contributed by atoms with Crippen LogP contribution in [0.25, 0.3) is 0 Å². The highest BCUT2D eigenvalue weighted by molar-refractivity contribution is 7.99. The lowest BCUT2D eigenvalue weighted by molar-refractivity contribution is -0.119. The number of rotatable bonds is 7. The quantitative estimate of drug-likeness (QED) is 0.577. The molecule has 1 unspecified atom stereocenters. The molecule has 1 saturated carbocycles. The van der Waals surface area contributed by atoms with Gasteiger partial charge in [-0.2, -0.15) is 0 Å². The van der Waals surface area contributed by atoms with Crippen molar-refractivity contribution in [3.05, 3.63) is 76.6 Å². The molecule has 0 spiro atoms. The minimum Gasteiger partial charge on any atom is -0.344 e. The number of hydrogen-bond donors (Lipinski definition) is 1. The van der Waals surface area contributed by atoms with Gasteiger partial charge in [0.2, 0.25) is 5.91 Å². The third-order valence-corrected chi connectivity index (χ3v) is 5.92. The Kier molecular flexibility index (Phi) is 5.69. The minimum absolute atomic E-state index is 0.0446. The Balaban J connectivity index is 1.47. The van der Waals surface area contributed by atoms with Crippen molar-refractivity contribution in [2.45, 2.75) is 37.0 Å². The van der Waals surface area contributed by atoms with Gasteiger partial charge in [-0.1, -0.05) is 65.8 Å². The molecule has 0 saturated heterocycles. The van der Waals surface area contributed by atoms with Crippen LogP contribution in [0.5, 0.6) is 0 Å². The Morgan fingerprint density at radius 3 is 2.50 bits per heavy atom. The molecule has 1 aliphatic rings. The number of nitrogens with zero attached hydrogens (tertiary/aromatic N) is 3. The number of carbonyl (C=O) groups is 1. The lowest BCUT2D eigenvalue weighted by Crippen LogP contribution is -2.30. The molecule has 144 valence electrons. The zero-order valence-electron chi connectivity index (χ0n) is 15.5. The summed E-state index contributed by atoms with van der Waals surface area (Å²) in [5, 5.41) is 13.0. The van der Waals surface area contributed by atoms with Gasteiger partial charge in [-0.25, -0.2) is 0 Å². The van der Waals surface area contributed by atoms with E-state index in [-0.39, 0.29) is 11.9 Å². The van der Waals surface area contributed by atoms with Crippen LogP contribution in [0.1, 0.15) is 41.9 Å². The fourth-order valence-electron chi connectivity index (χ4n) is 3.19. The van der Waals surface area contributed by atoms with Crippen molar-refractivity contribution in [1.82, 2.24) is 20.1 Å². The van der Waals surface area contributed by atoms with Gasteiger partial charge < -0.3 is 9.88 Å². The molecule has 1 amide bonds. The zero-order valence-corrected chi connectivity index (χ0v) is 17.1. The van der Waals surface area contributed by atoms with Crippen LogP contribution in [0, 0.1) is 6.92 Å². The predicted molar refractivity (Wildman–Crippen MR) is 112 cm³/mol. The molecular weight excluding hydrogens is 392 g/mol. The monoisotopic (exact) mass is 412 g/mol. The van der Waals surface area contributed by atoms with Crippen LogP contribution >= 0.6 is 23.4 Å². The number of halogens is 1. The highest BCUT2D eigenvalue weighted by atomic mass is 35.5. The average molecular weight is 413 g/mol. The standard InChI is InChI=1S/C21H21ClN4OS/c1-14-24-25-21(26(14)18-11-12-18)28-13-19(27)23-20(15-5-3-2-4-6-15)16-7-9-17(22)10-8-16/h2-10,18,20H,11-13H2,1H3,(H,23,27). The summed E-state index contributed by atoms with van der Waals surface area (Å²) in [7, 11) is 0. The second kappa shape index (κ2) is 8.37. The third kappa shape index (κ3) is 4.39. The zero-order chi connectivity index (χ0) is 19.5. The lowest BCUT2D eigenvalue weighted by atomic mass is 9.99. The predicted octanol–water partition coefficient (Wildman–Crippen LogP) is 4.57. The van der Waals surface area contributed by atoms with Crippen LogP contribution in [-0.4, -0.2) is 26.4 Å². The van der Waals surface area contributed by atoms with Crippen LogP contribution in [0.4, 0.5) is 0 Å². The normalized spacial score (nSPS) is 14.6. The Morgan fingerprint density at radius 1 is 1.14 bits per heavy atom. The van der Waals surface area contributed by atoms with Crippen molar-refractivity contribution in [3.8, 4) is 0 Å². The highest BCUT2D eigenvalue weighted by Gasteiger charge is 2.28. The van der Waals surface area contributed by atoms with Gasteiger partial charge in [0.15, 0.2) is 5.16 Å². The number of thioether (sulfide) groups is 1. The molecule has 0 radical (unpaired) electrons. The molecule has 1 fully saturated rings. The van der Waals surface area contributed by atoms with Crippen molar-refractivity contribution in [3.63, 3.8) is 0 Å². The molecule has 2 aromatic carbocycles. The number of amides is 1. The largest absolute Gasteiger partial charge is 0.344 e. The molecule has 5 nitrogen and oxygen atoms in total. The van der Waals surface area contributed by atoms with Crippen LogP contribution in [0.2, 0.25) is 5.02 Å². The van der Waals surface area contributed by atoms with Crippen LogP contribution in [0.3, 0.4) is 0 Å². The first-order valence-electron chi connectivity index (χ1n) is 9.26. The number of hydrogen-bond acceptors (Lipinski definition) is 4. The van der Waals surface area contributed by atoms with Gasteiger partial charge in [0.1, 0.15) is 5.82 Å². The minimum atomic E-state index is -0.227. The van der Waals surface area contributed by atoms with E-state index >= 15 is 0 Å². The highest BCUT2D eigenvalue weighted by Crippen LogP contribution is 2.38. The lowest BCUT2D eigenvalue weighted by Gasteiger charge is -2.20. The van der Waals surface area contributed by atoms with Gasteiger partial charge in [0.25, 0.3) is 0 Å². The van der Waals surface area contributed by atoms with E-state index < -0.39 is 0 Å². The summed E-state index contributed by atoms with van der Waals surface area (Å²) in [4.78, 5) is 12.7. The van der Waals surface area contributed by atoms with Crippen molar-refractivity contribution in [2.75, 3.05) is 5.75 Å². The van der Waals surface area contributed by atoms with Gasteiger partial charge in [0, 0.05) is 11.1 Å². The Labute approximate surface area is 173 Å². The van der Waals surface area contributed by atoms with Crippen molar-refractivity contribution < 1.29 is 4.79 Å². The molecular formula is C21H21ClN4OS. The number of aromatic nitrogens is 3. The van der Waals surface area contributed by atoms with E-state index in [4.69, 9.17) is 11.6 Å². The molecule has 1 heterocycles. The molecule has 1 aliphatic carbocycles. The van der Waals surface area contributed by atoms with E-state index in [1.807, 2.05) is 61.5 Å². The smallest absolute Gasteiger partial charge is 0.231 e. The van der Waals surface area contributed by atoms with Crippen LogP contribution < -0.4 is 5.32 Å². The SMILES string of the molecule is Cc1nnc(SCC(=O)NC(c2ccccc2)c2ccc(Cl)cc2)n1C1CC1. The Morgan fingerprint density at radius 2 is 1.82 bits per heavy atom. The maximum Gasteiger partial charge on any atom is 0.231 e. The average Bonchev–Trinajstić information content (AvgIpc) is 3.48. The fraction of sp³-hybridized carbons (Fsp3) is 0.286. The van der Waals surface area contributed by atoms with E-state index in [0.29, 0.717) is 16.8 Å². The second-order valence-electron chi connectivity index (χ2n) is 6.88. The summed E-state index contributed by atoms with van der Waals surface area (Å²) < 4.78 is 2.14. The number of carbonyl (C=O) groups excluding carboxylic acids is 1. The molecule has 1 aromatic heterocycles. The number of benzene rings is 2. The van der Waals surface area contributed by atoms with E-state index in [1.54, 1.807) is 0 Å². The second-order valence-corrected chi connectivity index (χ2v) is 8.26. The summed E-state index contributed by atoms with van der Waals surface area (Å²) in [6.07, 6.45) is 2.32. The first kappa shape index (κ1) is 19.0. The summed E-state index contributed by atoms with van der Waals surface area (Å²) in [5.41, 5.74) is 2.02. The third-order valence-electron chi connectivity index (χ3n) is 4.72. The summed E-state index contributed by atoms with van der Waals surface area (Å²) in [6.45, 7) is 1.96. The topological polar surface area (TPSA) is 59.8 Å². The Hall–Kier alpha value is -2.31. The molecule has 7 heteroatoms. The van der Waals surface area contributed by atoms with E-state index in [0.717, 1.165) is 34.9 Å². The van der Waals surface area contributed by atoms with Gasteiger partial charge >= 0.3 is 0 Å². The van der Waals surface area contributed by atoms with Crippen molar-refractivity contribution >= 4 is 29.3 Å². The van der Waals surface area contributed by atoms with Crippen molar-refractivity contribution in [1.29, 1.82) is 0 Å². The van der Waals surface area contributed by atoms with Crippen LogP contribution in [0.15, 0.2) is 59.8 Å². The fourth-order valence-corrected chi connectivity index (χ4v) is 4.18. The molecule has 0 aliphatic heterocycles. The number of nitrogens with one attached hydrogen (secondary N) is 1. The van der Waals surface area contributed by atoms with E-state index in [2.05, 4.69) is 20.1 Å². The molecule has 1 atom stereocenters. The summed E-state index contributed by atoms with van der Waals surface area (Å²) in [5.74, 6) is 1.16. The van der Waals surface area contributed by atoms with Crippen LogP contribution in [-0.2, 0) is 4.79 Å². The number of aryl methyl sites for hydroxylation is 1. The molecule has 3 aromatic rings. The van der Waals surface area contributed by atoms with Gasteiger partial charge in [-0.05, 0) is 43.0 Å². The van der Waals surface area contributed by atoms with Gasteiger partial charge in [0.05, 0.1) is 11.8 Å². The summed E-state index contributed by atoms with van der Waals surface area (Å²) in [6, 6.07) is 17.8. The van der Waals surface area contributed by atoms with E-state index in [9.17, 15) is 4.79 Å². The first-order chi connectivity index (χ1) is 13.6. The first-order valence-corrected chi connectivity index (χ1v) is 10.6. The van der Waals surface area contributed by atoms with Gasteiger partial charge in [-0.3, -0.25) is 4.79 Å².